The van der Waals surface area contributed by atoms with Crippen LogP contribution in [0.25, 0.3) is 0 Å². The Hall–Kier alpha value is -0.0800. The second kappa shape index (κ2) is 6.91. The Kier molecular flexibility index (Phi) is 5.50. The summed E-state index contributed by atoms with van der Waals surface area (Å²) >= 11 is 0. The van der Waals surface area contributed by atoms with Crippen LogP contribution in [0.4, 0.5) is 0 Å². The van der Waals surface area contributed by atoms with Gasteiger partial charge in [-0.25, -0.2) is 0 Å². The molecule has 0 bridgehead atoms. The van der Waals surface area contributed by atoms with Crippen LogP contribution in [-0.4, -0.2) is 30.1 Å². The highest BCUT2D eigenvalue weighted by Gasteiger charge is 2.34. The third-order valence-electron chi connectivity index (χ3n) is 5.38. The minimum atomic E-state index is 0.659. The predicted molar refractivity (Wildman–Crippen MR) is 78.6 cm³/mol. The molecule has 0 aromatic heterocycles. The van der Waals surface area contributed by atoms with E-state index in [0.29, 0.717) is 6.04 Å². The summed E-state index contributed by atoms with van der Waals surface area (Å²) < 4.78 is 0. The molecule has 2 nitrogen and oxygen atoms in total. The lowest BCUT2D eigenvalue weighted by molar-refractivity contribution is 0.0370. The first-order valence-corrected chi connectivity index (χ1v) is 8.22. The van der Waals surface area contributed by atoms with Gasteiger partial charge < -0.3 is 5.73 Å². The molecule has 1 saturated carbocycles. The molecule has 2 atom stereocenters. The topological polar surface area (TPSA) is 29.3 Å². The number of piperidine rings is 1. The van der Waals surface area contributed by atoms with Gasteiger partial charge in [-0.2, -0.15) is 0 Å². The van der Waals surface area contributed by atoms with Crippen molar-refractivity contribution >= 4 is 0 Å². The maximum atomic E-state index is 6.02. The van der Waals surface area contributed by atoms with E-state index in [1.807, 2.05) is 0 Å². The van der Waals surface area contributed by atoms with Gasteiger partial charge in [-0.15, -0.1) is 0 Å². The fraction of sp³-hybridized carbons (Fsp3) is 1.00. The molecule has 1 saturated heterocycles. The van der Waals surface area contributed by atoms with Crippen LogP contribution in [0.2, 0.25) is 0 Å². The monoisotopic (exact) mass is 252 g/mol. The van der Waals surface area contributed by atoms with E-state index in [4.69, 9.17) is 5.73 Å². The maximum Gasteiger partial charge on any atom is 0.0246 e. The average Bonchev–Trinajstić information content (AvgIpc) is 2.40. The summed E-state index contributed by atoms with van der Waals surface area (Å²) in [4.78, 5) is 2.77. The van der Waals surface area contributed by atoms with E-state index < -0.39 is 0 Å². The zero-order valence-electron chi connectivity index (χ0n) is 12.4. The predicted octanol–water partition coefficient (Wildman–Crippen LogP) is 3.40. The lowest BCUT2D eigenvalue weighted by Gasteiger charge is -2.46. The molecule has 2 unspecified atom stereocenters. The molecule has 1 heterocycles. The molecule has 0 aromatic rings. The Bertz CT molecular complexity index is 233. The molecule has 1 aliphatic heterocycles. The smallest absolute Gasteiger partial charge is 0.0246 e. The van der Waals surface area contributed by atoms with E-state index in [-0.39, 0.29) is 0 Å². The summed E-state index contributed by atoms with van der Waals surface area (Å²) in [6, 6.07) is 1.50. The second-order valence-corrected chi connectivity index (χ2v) is 6.62. The summed E-state index contributed by atoms with van der Waals surface area (Å²) in [5, 5.41) is 0. The van der Waals surface area contributed by atoms with Crippen molar-refractivity contribution in [3.63, 3.8) is 0 Å². The molecule has 106 valence electrons. The second-order valence-electron chi connectivity index (χ2n) is 6.62. The van der Waals surface area contributed by atoms with Gasteiger partial charge in [0, 0.05) is 18.6 Å². The summed E-state index contributed by atoms with van der Waals surface area (Å²) in [5.41, 5.74) is 6.02. The van der Waals surface area contributed by atoms with Crippen LogP contribution >= 0.6 is 0 Å². The van der Waals surface area contributed by atoms with Crippen LogP contribution in [-0.2, 0) is 0 Å². The van der Waals surface area contributed by atoms with Crippen molar-refractivity contribution in [3.05, 3.63) is 0 Å². The highest BCUT2D eigenvalue weighted by molar-refractivity contribution is 4.89. The van der Waals surface area contributed by atoms with Crippen LogP contribution < -0.4 is 5.73 Å². The van der Waals surface area contributed by atoms with Crippen molar-refractivity contribution in [1.29, 1.82) is 0 Å². The van der Waals surface area contributed by atoms with Crippen molar-refractivity contribution < 1.29 is 0 Å². The zero-order chi connectivity index (χ0) is 13.0. The molecule has 0 radical (unpaired) electrons. The summed E-state index contributed by atoms with van der Waals surface area (Å²) in [6.45, 7) is 6.88. The number of nitrogens with two attached hydrogens (primary N) is 1. The molecule has 2 heteroatoms. The van der Waals surface area contributed by atoms with E-state index in [0.717, 1.165) is 24.4 Å². The number of hydrogen-bond donors (Lipinski definition) is 1. The molecule has 0 aromatic carbocycles. The van der Waals surface area contributed by atoms with Crippen molar-refractivity contribution in [3.8, 4) is 0 Å². The molecule has 2 aliphatic rings. The lowest BCUT2D eigenvalue weighted by atomic mass is 9.80. The fourth-order valence-electron chi connectivity index (χ4n) is 4.28. The van der Waals surface area contributed by atoms with Gasteiger partial charge in [-0.1, -0.05) is 26.7 Å². The van der Waals surface area contributed by atoms with Crippen LogP contribution in [0.15, 0.2) is 0 Å². The quantitative estimate of drug-likeness (QED) is 0.831. The maximum absolute atomic E-state index is 6.02. The Labute approximate surface area is 113 Å². The van der Waals surface area contributed by atoms with Gasteiger partial charge >= 0.3 is 0 Å². The fourth-order valence-corrected chi connectivity index (χ4v) is 4.28. The van der Waals surface area contributed by atoms with Gasteiger partial charge in [-0.05, 0) is 56.9 Å². The van der Waals surface area contributed by atoms with Gasteiger partial charge in [0.05, 0.1) is 0 Å². The van der Waals surface area contributed by atoms with Gasteiger partial charge in [0.1, 0.15) is 0 Å². The zero-order valence-corrected chi connectivity index (χ0v) is 12.4. The van der Waals surface area contributed by atoms with Crippen molar-refractivity contribution in [2.45, 2.75) is 77.3 Å². The van der Waals surface area contributed by atoms with Gasteiger partial charge in [0.25, 0.3) is 0 Å². The van der Waals surface area contributed by atoms with E-state index >= 15 is 0 Å². The largest absolute Gasteiger partial charge is 0.329 e. The third kappa shape index (κ3) is 3.27. The normalized spacial score (nSPS) is 38.8. The van der Waals surface area contributed by atoms with Crippen LogP contribution in [0.3, 0.4) is 0 Å². The average molecular weight is 252 g/mol. The highest BCUT2D eigenvalue weighted by atomic mass is 15.2. The van der Waals surface area contributed by atoms with Crippen LogP contribution in [0.1, 0.15) is 65.2 Å². The van der Waals surface area contributed by atoms with Crippen molar-refractivity contribution in [2.75, 3.05) is 13.1 Å². The number of rotatable bonds is 4. The summed E-state index contributed by atoms with van der Waals surface area (Å²) in [7, 11) is 0. The Morgan fingerprint density at radius 3 is 2.44 bits per heavy atom. The molecule has 18 heavy (non-hydrogen) atoms. The van der Waals surface area contributed by atoms with Crippen molar-refractivity contribution in [2.24, 2.45) is 17.6 Å². The number of likely N-dealkylation sites (tertiary alicyclic amines) is 1. The lowest BCUT2D eigenvalue weighted by Crippen LogP contribution is -2.53. The first-order valence-electron chi connectivity index (χ1n) is 8.22. The first-order chi connectivity index (χ1) is 8.76. The van der Waals surface area contributed by atoms with E-state index in [9.17, 15) is 0 Å². The minimum absolute atomic E-state index is 0.659. The molecule has 0 spiro atoms. The standard InChI is InChI=1S/C16H32N2/c1-3-5-14-7-9-15(10-8-14)18-11-4-6-13(2)16(18)12-17/h13-16H,3-12,17H2,1-2H3. The van der Waals surface area contributed by atoms with Gasteiger partial charge in [-0.3, -0.25) is 4.90 Å². The first kappa shape index (κ1) is 14.3. The SMILES string of the molecule is CCCC1CCC(N2CCCC(C)C2CN)CC1. The Balaban J connectivity index is 1.87. The van der Waals surface area contributed by atoms with E-state index in [1.54, 1.807) is 0 Å². The highest BCUT2D eigenvalue weighted by Crippen LogP contribution is 2.34. The Morgan fingerprint density at radius 1 is 1.11 bits per heavy atom. The molecule has 0 amide bonds. The molecule has 2 fully saturated rings. The molecule has 1 aliphatic carbocycles. The third-order valence-corrected chi connectivity index (χ3v) is 5.38. The van der Waals surface area contributed by atoms with E-state index in [1.165, 1.54) is 57.9 Å². The number of nitrogens with zero attached hydrogens (tertiary/aromatic N) is 1. The van der Waals surface area contributed by atoms with Gasteiger partial charge in [0.2, 0.25) is 0 Å². The van der Waals surface area contributed by atoms with Crippen LogP contribution in [0.5, 0.6) is 0 Å². The minimum Gasteiger partial charge on any atom is -0.329 e. The Morgan fingerprint density at radius 2 is 1.83 bits per heavy atom. The number of hydrogen-bond acceptors (Lipinski definition) is 2. The van der Waals surface area contributed by atoms with Crippen LogP contribution in [0, 0.1) is 11.8 Å². The molecule has 2 rings (SSSR count). The molecular weight excluding hydrogens is 220 g/mol. The summed E-state index contributed by atoms with van der Waals surface area (Å²) in [5.74, 6) is 1.82. The molecular formula is C16H32N2. The van der Waals surface area contributed by atoms with E-state index in [2.05, 4.69) is 18.7 Å². The summed E-state index contributed by atoms with van der Waals surface area (Å²) in [6.07, 6.45) is 11.3. The van der Waals surface area contributed by atoms with Gasteiger partial charge in [0.15, 0.2) is 0 Å². The molecule has 2 N–H and O–H groups in total. The van der Waals surface area contributed by atoms with Crippen molar-refractivity contribution in [1.82, 2.24) is 4.90 Å².